The van der Waals surface area contributed by atoms with Crippen molar-refractivity contribution in [1.29, 1.82) is 0 Å². The Labute approximate surface area is 86.7 Å². The predicted molar refractivity (Wildman–Crippen MR) is 57.3 cm³/mol. The van der Waals surface area contributed by atoms with Crippen LogP contribution < -0.4 is 0 Å². The summed E-state index contributed by atoms with van der Waals surface area (Å²) < 4.78 is 0. The number of hydrogen-bond acceptors (Lipinski definition) is 2. The van der Waals surface area contributed by atoms with Gasteiger partial charge in [-0.1, -0.05) is 19.8 Å². The molecule has 0 aromatic carbocycles. The van der Waals surface area contributed by atoms with Gasteiger partial charge in [-0.05, 0) is 25.8 Å². The molecule has 14 heavy (non-hydrogen) atoms. The zero-order chi connectivity index (χ0) is 9.97. The van der Waals surface area contributed by atoms with Crippen LogP contribution in [0.4, 0.5) is 0 Å². The summed E-state index contributed by atoms with van der Waals surface area (Å²) in [5.74, 6) is 0.478. The van der Waals surface area contributed by atoms with E-state index in [0.29, 0.717) is 11.8 Å². The minimum absolute atomic E-state index is 0.478. The molecule has 0 spiro atoms. The van der Waals surface area contributed by atoms with Crippen LogP contribution in [0, 0.1) is 0 Å². The van der Waals surface area contributed by atoms with Gasteiger partial charge in [-0.25, -0.2) is 0 Å². The molecule has 0 radical (unpaired) electrons. The fourth-order valence-corrected chi connectivity index (χ4v) is 3.13. The van der Waals surface area contributed by atoms with Crippen molar-refractivity contribution in [2.45, 2.75) is 64.0 Å². The zero-order valence-electron chi connectivity index (χ0n) is 9.17. The van der Waals surface area contributed by atoms with Gasteiger partial charge in [0.15, 0.2) is 0 Å². The highest BCUT2D eigenvalue weighted by atomic mass is 16.1. The van der Waals surface area contributed by atoms with Gasteiger partial charge in [0, 0.05) is 24.9 Å². The standard InChI is InChI=1S/C12H21NO/c1-2-13(10-5-3-4-6-10)11-7-8-12(14)9-11/h10-11H,2-9H2,1H3. The van der Waals surface area contributed by atoms with E-state index in [1.165, 1.54) is 25.7 Å². The van der Waals surface area contributed by atoms with Crippen molar-refractivity contribution in [3.05, 3.63) is 0 Å². The van der Waals surface area contributed by atoms with Crippen LogP contribution in [0.25, 0.3) is 0 Å². The lowest BCUT2D eigenvalue weighted by molar-refractivity contribution is -0.117. The van der Waals surface area contributed by atoms with Crippen molar-refractivity contribution < 1.29 is 4.79 Å². The maximum atomic E-state index is 11.3. The molecule has 2 aliphatic rings. The topological polar surface area (TPSA) is 20.3 Å². The van der Waals surface area contributed by atoms with Crippen LogP contribution in [-0.2, 0) is 4.79 Å². The molecule has 2 aliphatic carbocycles. The molecule has 0 aromatic heterocycles. The molecule has 0 amide bonds. The average Bonchev–Trinajstić information content (AvgIpc) is 2.79. The van der Waals surface area contributed by atoms with Crippen LogP contribution in [0.1, 0.15) is 51.9 Å². The fourth-order valence-electron chi connectivity index (χ4n) is 3.13. The van der Waals surface area contributed by atoms with Gasteiger partial charge in [0.1, 0.15) is 5.78 Å². The van der Waals surface area contributed by atoms with E-state index >= 15 is 0 Å². The van der Waals surface area contributed by atoms with Crippen molar-refractivity contribution in [3.63, 3.8) is 0 Å². The maximum absolute atomic E-state index is 11.3. The molecule has 80 valence electrons. The highest BCUT2D eigenvalue weighted by Gasteiger charge is 2.32. The fraction of sp³-hybridized carbons (Fsp3) is 0.917. The molecule has 2 fully saturated rings. The third-order valence-electron chi connectivity index (χ3n) is 3.85. The molecule has 0 N–H and O–H groups in total. The van der Waals surface area contributed by atoms with Gasteiger partial charge < -0.3 is 0 Å². The van der Waals surface area contributed by atoms with Crippen LogP contribution in [0.3, 0.4) is 0 Å². The van der Waals surface area contributed by atoms with Crippen LogP contribution in [0.2, 0.25) is 0 Å². The monoisotopic (exact) mass is 195 g/mol. The lowest BCUT2D eigenvalue weighted by Gasteiger charge is -2.32. The largest absolute Gasteiger partial charge is 0.300 e. The van der Waals surface area contributed by atoms with Gasteiger partial charge in [0.05, 0.1) is 0 Å². The quantitative estimate of drug-likeness (QED) is 0.689. The first-order chi connectivity index (χ1) is 6.81. The summed E-state index contributed by atoms with van der Waals surface area (Å²) in [5, 5.41) is 0. The Balaban J connectivity index is 1.94. The molecule has 0 heterocycles. The zero-order valence-corrected chi connectivity index (χ0v) is 9.17. The molecule has 1 atom stereocenters. The second-order valence-corrected chi connectivity index (χ2v) is 4.70. The first-order valence-corrected chi connectivity index (χ1v) is 6.08. The third kappa shape index (κ3) is 2.00. The van der Waals surface area contributed by atoms with E-state index in [2.05, 4.69) is 11.8 Å². The van der Waals surface area contributed by atoms with E-state index in [1.807, 2.05) is 0 Å². The summed E-state index contributed by atoms with van der Waals surface area (Å²) in [7, 11) is 0. The third-order valence-corrected chi connectivity index (χ3v) is 3.85. The SMILES string of the molecule is CCN(C1CCCC1)C1CCC(=O)C1. The van der Waals surface area contributed by atoms with Crippen LogP contribution in [-0.4, -0.2) is 29.3 Å². The van der Waals surface area contributed by atoms with Crippen LogP contribution >= 0.6 is 0 Å². The van der Waals surface area contributed by atoms with Crippen molar-refractivity contribution in [2.75, 3.05) is 6.54 Å². The minimum atomic E-state index is 0.478. The lowest BCUT2D eigenvalue weighted by Crippen LogP contribution is -2.40. The van der Waals surface area contributed by atoms with Gasteiger partial charge >= 0.3 is 0 Å². The predicted octanol–water partition coefficient (Wildman–Crippen LogP) is 2.37. The summed E-state index contributed by atoms with van der Waals surface area (Å²) in [6.45, 7) is 3.36. The molecule has 2 saturated carbocycles. The molecule has 2 nitrogen and oxygen atoms in total. The Hall–Kier alpha value is -0.370. The van der Waals surface area contributed by atoms with E-state index in [-0.39, 0.29) is 0 Å². The molecule has 1 unspecified atom stereocenters. The summed E-state index contributed by atoms with van der Waals surface area (Å²) in [6.07, 6.45) is 8.27. The molecule has 2 rings (SSSR count). The number of ketones is 1. The first-order valence-electron chi connectivity index (χ1n) is 6.08. The number of hydrogen-bond donors (Lipinski definition) is 0. The molecule has 0 saturated heterocycles. The van der Waals surface area contributed by atoms with Crippen molar-refractivity contribution in [1.82, 2.24) is 4.90 Å². The van der Waals surface area contributed by atoms with Crippen molar-refractivity contribution in [3.8, 4) is 0 Å². The van der Waals surface area contributed by atoms with Crippen molar-refractivity contribution in [2.24, 2.45) is 0 Å². The number of Topliss-reactive ketones (excluding diaryl/α,β-unsaturated/α-hetero) is 1. The summed E-state index contributed by atoms with van der Waals surface area (Å²) in [6, 6.07) is 1.37. The average molecular weight is 195 g/mol. The maximum Gasteiger partial charge on any atom is 0.134 e. The second-order valence-electron chi connectivity index (χ2n) is 4.70. The highest BCUT2D eigenvalue weighted by molar-refractivity contribution is 5.81. The van der Waals surface area contributed by atoms with Crippen molar-refractivity contribution >= 4 is 5.78 Å². The number of nitrogens with zero attached hydrogens (tertiary/aromatic N) is 1. The van der Waals surface area contributed by atoms with Crippen LogP contribution in [0.15, 0.2) is 0 Å². The molecule has 2 heteroatoms. The first kappa shape index (κ1) is 10.2. The van der Waals surface area contributed by atoms with Crippen LogP contribution in [0.5, 0.6) is 0 Å². The molecule has 0 bridgehead atoms. The normalized spacial score (nSPS) is 29.3. The summed E-state index contributed by atoms with van der Waals surface area (Å²) in [4.78, 5) is 13.9. The Morgan fingerprint density at radius 1 is 1.21 bits per heavy atom. The molecular weight excluding hydrogens is 174 g/mol. The highest BCUT2D eigenvalue weighted by Crippen LogP contribution is 2.29. The molecule has 0 aliphatic heterocycles. The second kappa shape index (κ2) is 4.43. The van der Waals surface area contributed by atoms with Gasteiger partial charge in [-0.2, -0.15) is 0 Å². The Morgan fingerprint density at radius 2 is 1.93 bits per heavy atom. The Bertz CT molecular complexity index is 208. The summed E-state index contributed by atoms with van der Waals surface area (Å²) >= 11 is 0. The molecular formula is C12H21NO. The Morgan fingerprint density at radius 3 is 2.43 bits per heavy atom. The smallest absolute Gasteiger partial charge is 0.134 e. The minimum Gasteiger partial charge on any atom is -0.300 e. The lowest BCUT2D eigenvalue weighted by atomic mass is 10.1. The van der Waals surface area contributed by atoms with E-state index in [0.717, 1.165) is 31.8 Å². The number of carbonyl (C=O) groups excluding carboxylic acids is 1. The van der Waals surface area contributed by atoms with Gasteiger partial charge in [-0.15, -0.1) is 0 Å². The van der Waals surface area contributed by atoms with E-state index in [9.17, 15) is 4.79 Å². The number of rotatable bonds is 3. The van der Waals surface area contributed by atoms with Gasteiger partial charge in [-0.3, -0.25) is 9.69 Å². The van der Waals surface area contributed by atoms with E-state index in [1.54, 1.807) is 0 Å². The summed E-state index contributed by atoms with van der Waals surface area (Å²) in [5.41, 5.74) is 0. The Kier molecular flexibility index (Phi) is 3.22. The van der Waals surface area contributed by atoms with Gasteiger partial charge in [0.2, 0.25) is 0 Å². The van der Waals surface area contributed by atoms with Gasteiger partial charge in [0.25, 0.3) is 0 Å². The van der Waals surface area contributed by atoms with E-state index in [4.69, 9.17) is 0 Å². The number of carbonyl (C=O) groups is 1. The molecule has 0 aromatic rings. The van der Waals surface area contributed by atoms with E-state index < -0.39 is 0 Å².